The number of benzene rings is 4. The van der Waals surface area contributed by atoms with Gasteiger partial charge in [0.15, 0.2) is 0 Å². The highest BCUT2D eigenvalue weighted by atomic mass is 32.1. The van der Waals surface area contributed by atoms with Crippen LogP contribution in [0.1, 0.15) is 95.3 Å². The number of hydrogen-bond donors (Lipinski definition) is 4. The highest BCUT2D eigenvalue weighted by molar-refractivity contribution is 7.79. The fraction of sp³-hybridized carbons (Fsp3) is 0.208. The molecule has 0 radical (unpaired) electrons. The summed E-state index contributed by atoms with van der Waals surface area (Å²) in [5, 5.41) is 4.73. The molecule has 4 aliphatic rings. The van der Waals surface area contributed by atoms with Gasteiger partial charge in [-0.3, -0.25) is 4.68 Å². The lowest BCUT2D eigenvalue weighted by atomic mass is 9.97. The number of aryl methyl sites for hydroxylation is 1. The number of aromatic nitrogens is 1. The second-order valence-electron chi connectivity index (χ2n) is 17.5. The first-order valence-electron chi connectivity index (χ1n) is 27.4. The lowest BCUT2D eigenvalue weighted by molar-refractivity contribution is 0.411. The number of nitrogen functional groups attached to an aromatic ring is 1. The quantitative estimate of drug-likeness (QED) is 0.0389. The minimum absolute atomic E-state index is 0.666. The van der Waals surface area contributed by atoms with Crippen LogP contribution in [0.15, 0.2) is 265 Å². The molecule has 7 heteroatoms. The molecule has 2 aliphatic heterocycles. The van der Waals surface area contributed by atoms with E-state index in [-0.39, 0.29) is 0 Å². The molecule has 0 saturated carbocycles. The summed E-state index contributed by atoms with van der Waals surface area (Å²) < 4.78 is 7.97. The van der Waals surface area contributed by atoms with E-state index in [1.165, 1.54) is 34.8 Å². The van der Waals surface area contributed by atoms with Gasteiger partial charge >= 0.3 is 0 Å². The first kappa shape index (κ1) is 65.1. The summed E-state index contributed by atoms with van der Waals surface area (Å²) in [7, 11) is 1.50. The summed E-state index contributed by atoms with van der Waals surface area (Å²) in [6, 6.07) is 33.2. The molecule has 0 spiro atoms. The zero-order valence-electron chi connectivity index (χ0n) is 49.0. The Morgan fingerprint density at radius 3 is 2.18 bits per heavy atom. The van der Waals surface area contributed by atoms with Crippen molar-refractivity contribution in [2.45, 2.75) is 81.6 Å². The van der Waals surface area contributed by atoms with Crippen molar-refractivity contribution < 1.29 is 4.74 Å². The lowest BCUT2D eigenvalue weighted by Gasteiger charge is -2.18. The molecule has 5 N–H and O–H groups in total. The molecule has 5 aromatic rings. The maximum Gasteiger partial charge on any atom is 0.134 e. The molecule has 0 atom stereocenters. The highest BCUT2D eigenvalue weighted by Crippen LogP contribution is 2.35. The zero-order chi connectivity index (χ0) is 58.1. The molecule has 4 aromatic carbocycles. The normalized spacial score (nSPS) is 17.4. The highest BCUT2D eigenvalue weighted by Gasteiger charge is 2.20. The van der Waals surface area contributed by atoms with Crippen molar-refractivity contribution in [1.29, 1.82) is 0 Å². The Morgan fingerprint density at radius 2 is 1.47 bits per heavy atom. The zero-order valence-corrected chi connectivity index (χ0v) is 49.9. The Balaban J connectivity index is 0.000000412. The van der Waals surface area contributed by atoms with Crippen LogP contribution >= 0.6 is 12.6 Å². The summed E-state index contributed by atoms with van der Waals surface area (Å²) >= 11 is 3.53. The van der Waals surface area contributed by atoms with E-state index in [2.05, 4.69) is 177 Å². The fourth-order valence-corrected chi connectivity index (χ4v) is 8.30. The number of hydrogen-bond acceptors (Lipinski definition) is 6. The van der Waals surface area contributed by atoms with Gasteiger partial charge in [0.25, 0.3) is 0 Å². The maximum atomic E-state index is 6.53. The number of ether oxygens (including phenoxy) is 1. The Labute approximate surface area is 481 Å². The topological polar surface area (TPSA) is 81.5 Å². The predicted molar refractivity (Wildman–Crippen MR) is 353 cm³/mol. The molecule has 3 heterocycles. The van der Waals surface area contributed by atoms with E-state index in [1.807, 2.05) is 150 Å². The van der Waals surface area contributed by atoms with Crippen molar-refractivity contribution >= 4 is 46.4 Å². The predicted octanol–water partition coefficient (Wildman–Crippen LogP) is 18.5. The standard InChI is InChI=1S/C42H40N4.C20H18O.C4H8.2C2H6.CH5N.CH4S/c1-5-6-8-16-31(3)38-28-36(29-40(38)44-35-17-9-7-10-18-35)45-24-14-13-15-30(2)32(4)26-34(23-25-45)33-21-22-42-39(27-33)37-19-11-12-20-41(37)46(42)43;1-15-8-3-4-10-17(15)14-18-11-7-9-16(2)19-12-5-6-13-20(19)21-18;1-3-4-2;4*1-2/h5-11,13-19,21-23,25-28,44H,3-4,12,20,24,43H2,1-2H3;3-13H,2,14H2,1H3;3-4H,1-2H3;2*1-2H3;2H2,1H3;2H,1H3/b6-5-,14-13-,16-8-,25-23-,30-15+,34-26+;9-7-,18-11-;4-3-;;;;. The van der Waals surface area contributed by atoms with Crippen LogP contribution in [0.5, 0.6) is 5.75 Å². The summed E-state index contributed by atoms with van der Waals surface area (Å²) in [5.41, 5.74) is 25.2. The van der Waals surface area contributed by atoms with Gasteiger partial charge in [-0.1, -0.05) is 199 Å². The van der Waals surface area contributed by atoms with Gasteiger partial charge in [-0.25, -0.2) is 0 Å². The number of allylic oxidation sites excluding steroid dienone is 20. The van der Waals surface area contributed by atoms with Crippen LogP contribution in [0, 0.1) is 6.92 Å². The molecule has 0 unspecified atom stereocenters. The van der Waals surface area contributed by atoms with Gasteiger partial charge in [0.2, 0.25) is 0 Å². The van der Waals surface area contributed by atoms with E-state index in [9.17, 15) is 0 Å². The lowest BCUT2D eigenvalue weighted by Crippen LogP contribution is -2.14. The van der Waals surface area contributed by atoms with Crippen LogP contribution in [-0.4, -0.2) is 29.4 Å². The molecule has 6 nitrogen and oxygen atoms in total. The number of fused-ring (bicyclic) bond motifs is 4. The molecule has 0 bridgehead atoms. The average Bonchev–Trinajstić information content (AvgIpc) is 4.13. The molecule has 0 fully saturated rings. The van der Waals surface area contributed by atoms with Gasteiger partial charge in [-0.05, 0) is 160 Å². The third-order valence-corrected chi connectivity index (χ3v) is 12.5. The van der Waals surface area contributed by atoms with Crippen LogP contribution in [0.4, 0.5) is 5.69 Å². The van der Waals surface area contributed by atoms with E-state index < -0.39 is 0 Å². The summed E-state index contributed by atoms with van der Waals surface area (Å²) in [4.78, 5) is 2.21. The third-order valence-electron chi connectivity index (χ3n) is 12.5. The van der Waals surface area contributed by atoms with Crippen molar-refractivity contribution in [3.05, 3.63) is 299 Å². The number of thiol groups is 1. The molecular weight excluding hydrogens is 983 g/mol. The third kappa shape index (κ3) is 19.0. The number of rotatable bonds is 9. The minimum Gasteiger partial charge on any atom is -0.461 e. The summed E-state index contributed by atoms with van der Waals surface area (Å²) in [6.07, 6.45) is 42.0. The smallest absolute Gasteiger partial charge is 0.134 e. The first-order chi connectivity index (χ1) is 38.6. The molecule has 0 amide bonds. The van der Waals surface area contributed by atoms with E-state index in [4.69, 9.17) is 10.6 Å². The second kappa shape index (κ2) is 36.0. The average molecular weight is 1070 g/mol. The van der Waals surface area contributed by atoms with Gasteiger partial charge in [-0.2, -0.15) is 12.6 Å². The maximum absolute atomic E-state index is 6.53. The SMILES string of the molecule is C/C=C\C.C=C(/C=C\C=C/C)C1=CC(N2/C=C\C(c3ccc4c(c3)c3c(n4N)CCC=C3)=C/C(=C)/C(C)=C/C=C\C2)=C=C1Nc1ccccc1.C=C1/C=C\C=C(\Cc2ccccc2C)Oc2ccccc21.CC.CC.CN.CS. The minimum atomic E-state index is 0.666. The van der Waals surface area contributed by atoms with Crippen molar-refractivity contribution in [1.82, 2.24) is 9.58 Å². The molecule has 9 rings (SSSR count). The molecular formula is C72H87N5OS. The van der Waals surface area contributed by atoms with E-state index in [0.717, 1.165) is 97.9 Å². The Kier molecular flexibility index (Phi) is 29.7. The number of anilines is 1. The van der Waals surface area contributed by atoms with Gasteiger partial charge in [0.1, 0.15) is 11.5 Å². The monoisotopic (exact) mass is 1070 g/mol. The summed E-state index contributed by atoms with van der Waals surface area (Å²) in [5.74, 6) is 8.34. The van der Waals surface area contributed by atoms with Crippen molar-refractivity contribution in [2.24, 2.45) is 5.73 Å². The van der Waals surface area contributed by atoms with E-state index >= 15 is 0 Å². The Morgan fingerprint density at radius 1 is 0.772 bits per heavy atom. The van der Waals surface area contributed by atoms with Crippen LogP contribution in [-0.2, 0) is 12.8 Å². The Bertz CT molecular complexity index is 3230. The van der Waals surface area contributed by atoms with Gasteiger partial charge in [0.05, 0.1) is 16.9 Å². The van der Waals surface area contributed by atoms with Gasteiger partial charge < -0.3 is 26.5 Å². The number of nitrogens with zero attached hydrogens (tertiary/aromatic N) is 2. The van der Waals surface area contributed by atoms with Gasteiger partial charge in [-0.15, -0.1) is 0 Å². The van der Waals surface area contributed by atoms with E-state index in [0.29, 0.717) is 6.54 Å². The Hall–Kier alpha value is -8.19. The van der Waals surface area contributed by atoms with Crippen LogP contribution in [0.25, 0.3) is 28.1 Å². The van der Waals surface area contributed by atoms with Crippen molar-refractivity contribution in [3.8, 4) is 5.75 Å². The number of nitrogens with one attached hydrogen (secondary N) is 1. The second-order valence-corrected chi connectivity index (χ2v) is 17.5. The van der Waals surface area contributed by atoms with Crippen LogP contribution in [0.3, 0.4) is 0 Å². The molecule has 79 heavy (non-hydrogen) atoms. The molecule has 1 aromatic heterocycles. The molecule has 2 aliphatic carbocycles. The van der Waals surface area contributed by atoms with Crippen LogP contribution < -0.4 is 21.6 Å². The van der Waals surface area contributed by atoms with Crippen molar-refractivity contribution in [2.75, 3.05) is 31.0 Å². The summed E-state index contributed by atoms with van der Waals surface area (Å²) in [6.45, 7) is 31.8. The first-order valence-corrected chi connectivity index (χ1v) is 28.3. The van der Waals surface area contributed by atoms with Gasteiger partial charge in [0, 0.05) is 52.6 Å². The molecule has 412 valence electrons. The van der Waals surface area contributed by atoms with Crippen molar-refractivity contribution in [3.63, 3.8) is 0 Å². The van der Waals surface area contributed by atoms with Crippen LogP contribution in [0.2, 0.25) is 0 Å². The largest absolute Gasteiger partial charge is 0.461 e. The molecule has 0 saturated heterocycles. The number of nitrogens with two attached hydrogens (primary N) is 2. The fourth-order valence-electron chi connectivity index (χ4n) is 8.30. The number of para-hydroxylation sites is 2. The van der Waals surface area contributed by atoms with E-state index in [1.54, 1.807) is 6.26 Å².